The zero-order valence-corrected chi connectivity index (χ0v) is 13.5. The highest BCUT2D eigenvalue weighted by molar-refractivity contribution is 5.51. The minimum absolute atomic E-state index is 0.115. The first-order valence-corrected chi connectivity index (χ1v) is 7.38. The first-order valence-electron chi connectivity index (χ1n) is 7.38. The lowest BCUT2D eigenvalue weighted by molar-refractivity contribution is 0.364. The van der Waals surface area contributed by atoms with Crippen molar-refractivity contribution < 1.29 is 4.52 Å². The summed E-state index contributed by atoms with van der Waals surface area (Å²) in [5.74, 6) is 2.38. The molecule has 0 aliphatic carbocycles. The highest BCUT2D eigenvalue weighted by atomic mass is 16.5. The van der Waals surface area contributed by atoms with Gasteiger partial charge in [-0.1, -0.05) is 19.0 Å². The van der Waals surface area contributed by atoms with E-state index in [0.29, 0.717) is 17.6 Å². The summed E-state index contributed by atoms with van der Waals surface area (Å²) in [4.78, 5) is 8.91. The van der Waals surface area contributed by atoms with E-state index in [-0.39, 0.29) is 6.04 Å². The summed E-state index contributed by atoms with van der Waals surface area (Å²) in [5.41, 5.74) is 2.78. The molecule has 7 heteroatoms. The Kier molecular flexibility index (Phi) is 3.56. The van der Waals surface area contributed by atoms with E-state index in [1.807, 2.05) is 26.0 Å². The van der Waals surface area contributed by atoms with Crippen molar-refractivity contribution >= 4 is 11.5 Å². The summed E-state index contributed by atoms with van der Waals surface area (Å²) in [6.07, 6.45) is 0. The molecule has 0 fully saturated rings. The number of anilines is 1. The van der Waals surface area contributed by atoms with Crippen LogP contribution in [0.5, 0.6) is 0 Å². The van der Waals surface area contributed by atoms with Crippen LogP contribution < -0.4 is 5.32 Å². The Bertz CT molecular complexity index is 804. The lowest BCUT2D eigenvalue weighted by Gasteiger charge is -2.14. The molecule has 0 spiro atoms. The van der Waals surface area contributed by atoms with Gasteiger partial charge in [0.1, 0.15) is 11.9 Å². The first kappa shape index (κ1) is 14.5. The average Bonchev–Trinajstić information content (AvgIpc) is 3.03. The van der Waals surface area contributed by atoms with Gasteiger partial charge in [0.2, 0.25) is 5.89 Å². The monoisotopic (exact) mass is 300 g/mol. The zero-order valence-electron chi connectivity index (χ0n) is 13.5. The molecular formula is C15H20N6O. The van der Waals surface area contributed by atoms with Crippen molar-refractivity contribution in [2.24, 2.45) is 0 Å². The number of nitrogens with zero attached hydrogens (tertiary/aromatic N) is 5. The van der Waals surface area contributed by atoms with E-state index in [2.05, 4.69) is 39.4 Å². The van der Waals surface area contributed by atoms with Crippen LogP contribution in [0.25, 0.3) is 5.65 Å². The maximum atomic E-state index is 5.22. The zero-order chi connectivity index (χ0) is 15.9. The number of hydrogen-bond donors (Lipinski definition) is 1. The minimum atomic E-state index is -0.115. The molecule has 0 aromatic carbocycles. The van der Waals surface area contributed by atoms with Crippen LogP contribution in [-0.4, -0.2) is 24.7 Å². The van der Waals surface area contributed by atoms with Crippen LogP contribution in [0, 0.1) is 13.8 Å². The molecule has 0 radical (unpaired) electrons. The Hall–Kier alpha value is -2.44. The summed E-state index contributed by atoms with van der Waals surface area (Å²) >= 11 is 0. The van der Waals surface area contributed by atoms with E-state index in [4.69, 9.17) is 4.52 Å². The van der Waals surface area contributed by atoms with Gasteiger partial charge in [0.25, 0.3) is 0 Å². The molecule has 116 valence electrons. The van der Waals surface area contributed by atoms with Crippen LogP contribution in [0.1, 0.15) is 55.8 Å². The van der Waals surface area contributed by atoms with Crippen molar-refractivity contribution in [3.63, 3.8) is 0 Å². The largest absolute Gasteiger partial charge is 0.358 e. The van der Waals surface area contributed by atoms with Gasteiger partial charge in [-0.2, -0.15) is 14.6 Å². The predicted octanol–water partition coefficient (Wildman–Crippen LogP) is 3.03. The number of nitrogens with one attached hydrogen (secondary N) is 1. The molecule has 7 nitrogen and oxygen atoms in total. The van der Waals surface area contributed by atoms with Gasteiger partial charge in [0.15, 0.2) is 11.5 Å². The van der Waals surface area contributed by atoms with Gasteiger partial charge in [0, 0.05) is 17.8 Å². The van der Waals surface area contributed by atoms with Crippen LogP contribution in [0.2, 0.25) is 0 Å². The molecule has 0 saturated carbocycles. The molecule has 0 amide bonds. The van der Waals surface area contributed by atoms with E-state index >= 15 is 0 Å². The summed E-state index contributed by atoms with van der Waals surface area (Å²) in [5, 5.41) is 11.7. The van der Waals surface area contributed by atoms with E-state index in [1.165, 1.54) is 0 Å². The molecule has 0 saturated heterocycles. The van der Waals surface area contributed by atoms with E-state index in [0.717, 1.165) is 22.9 Å². The number of aryl methyl sites for hydroxylation is 2. The first-order chi connectivity index (χ1) is 10.4. The Morgan fingerprint density at radius 2 is 1.91 bits per heavy atom. The lowest BCUT2D eigenvalue weighted by Crippen LogP contribution is -2.12. The van der Waals surface area contributed by atoms with E-state index in [1.54, 1.807) is 11.4 Å². The summed E-state index contributed by atoms with van der Waals surface area (Å²) in [6.45, 7) is 9.98. The Labute approximate surface area is 128 Å². The average molecular weight is 300 g/mol. The summed E-state index contributed by atoms with van der Waals surface area (Å²) in [6, 6.07) is 3.87. The SMILES string of the molecule is Cc1cc2nc(C(C)C)cc(NC(C)c3nc(C)no3)n2n1. The molecule has 3 rings (SSSR count). The highest BCUT2D eigenvalue weighted by Gasteiger charge is 2.16. The van der Waals surface area contributed by atoms with Crippen LogP contribution >= 0.6 is 0 Å². The fourth-order valence-corrected chi connectivity index (χ4v) is 2.28. The van der Waals surface area contributed by atoms with Gasteiger partial charge in [-0.25, -0.2) is 4.98 Å². The van der Waals surface area contributed by atoms with Gasteiger partial charge >= 0.3 is 0 Å². The molecular weight excluding hydrogens is 280 g/mol. The Morgan fingerprint density at radius 3 is 2.55 bits per heavy atom. The van der Waals surface area contributed by atoms with Crippen molar-refractivity contribution in [1.29, 1.82) is 0 Å². The van der Waals surface area contributed by atoms with Crippen LogP contribution in [0.15, 0.2) is 16.7 Å². The third-order valence-corrected chi connectivity index (χ3v) is 3.44. The summed E-state index contributed by atoms with van der Waals surface area (Å²) < 4.78 is 7.03. The second-order valence-electron chi connectivity index (χ2n) is 5.82. The van der Waals surface area contributed by atoms with Crippen molar-refractivity contribution in [1.82, 2.24) is 24.7 Å². The minimum Gasteiger partial charge on any atom is -0.358 e. The molecule has 1 unspecified atom stereocenters. The van der Waals surface area contributed by atoms with Crippen molar-refractivity contribution in [3.8, 4) is 0 Å². The second kappa shape index (κ2) is 5.40. The summed E-state index contributed by atoms with van der Waals surface area (Å²) in [7, 11) is 0. The predicted molar refractivity (Wildman–Crippen MR) is 82.9 cm³/mol. The third kappa shape index (κ3) is 2.66. The molecule has 1 atom stereocenters. The topological polar surface area (TPSA) is 81.1 Å². The Balaban J connectivity index is 2.01. The van der Waals surface area contributed by atoms with Crippen molar-refractivity contribution in [3.05, 3.63) is 35.2 Å². The standard InChI is InChI=1S/C15H20N6O/c1-8(2)12-7-14(21-13(18-12)6-9(3)19-21)16-10(4)15-17-11(5)20-22-15/h6-8,10,16H,1-5H3. The molecule has 0 aliphatic rings. The molecule has 22 heavy (non-hydrogen) atoms. The van der Waals surface area contributed by atoms with Crippen molar-refractivity contribution in [2.75, 3.05) is 5.32 Å². The fraction of sp³-hybridized carbons (Fsp3) is 0.467. The molecule has 0 aliphatic heterocycles. The molecule has 3 aromatic rings. The van der Waals surface area contributed by atoms with Gasteiger partial charge in [-0.05, 0) is 26.7 Å². The highest BCUT2D eigenvalue weighted by Crippen LogP contribution is 2.23. The molecule has 3 aromatic heterocycles. The van der Waals surface area contributed by atoms with Crippen molar-refractivity contribution in [2.45, 2.75) is 46.6 Å². The number of fused-ring (bicyclic) bond motifs is 1. The number of aromatic nitrogens is 5. The number of rotatable bonds is 4. The van der Waals surface area contributed by atoms with Gasteiger partial charge in [-0.3, -0.25) is 0 Å². The van der Waals surface area contributed by atoms with Crippen LogP contribution in [0.4, 0.5) is 5.82 Å². The molecule has 3 heterocycles. The van der Waals surface area contributed by atoms with Gasteiger partial charge < -0.3 is 9.84 Å². The Morgan fingerprint density at radius 1 is 1.14 bits per heavy atom. The van der Waals surface area contributed by atoms with Crippen LogP contribution in [-0.2, 0) is 0 Å². The fourth-order valence-electron chi connectivity index (χ4n) is 2.28. The van der Waals surface area contributed by atoms with E-state index in [9.17, 15) is 0 Å². The van der Waals surface area contributed by atoms with Gasteiger partial charge in [-0.15, -0.1) is 0 Å². The maximum absolute atomic E-state index is 5.22. The van der Waals surface area contributed by atoms with Gasteiger partial charge in [0.05, 0.1) is 5.69 Å². The van der Waals surface area contributed by atoms with E-state index < -0.39 is 0 Å². The number of hydrogen-bond acceptors (Lipinski definition) is 6. The second-order valence-corrected chi connectivity index (χ2v) is 5.82. The maximum Gasteiger partial charge on any atom is 0.248 e. The third-order valence-electron chi connectivity index (χ3n) is 3.44. The normalized spacial score (nSPS) is 13.0. The van der Waals surface area contributed by atoms with Crippen LogP contribution in [0.3, 0.4) is 0 Å². The molecule has 0 bridgehead atoms. The quantitative estimate of drug-likeness (QED) is 0.797. The lowest BCUT2D eigenvalue weighted by atomic mass is 10.1. The molecule has 1 N–H and O–H groups in total. The smallest absolute Gasteiger partial charge is 0.248 e.